The van der Waals surface area contributed by atoms with Crippen LogP contribution in [0.1, 0.15) is 24.8 Å². The van der Waals surface area contributed by atoms with Crippen LogP contribution in [0.3, 0.4) is 0 Å². The highest BCUT2D eigenvalue weighted by Gasteiger charge is 2.39. The summed E-state index contributed by atoms with van der Waals surface area (Å²) in [6.45, 7) is 2.90. The number of carbonyl (C=O) groups is 3. The number of piperidine rings is 1. The van der Waals surface area contributed by atoms with Gasteiger partial charge in [0.25, 0.3) is 0 Å². The average molecular weight is 347 g/mol. The second kappa shape index (κ2) is 6.82. The van der Waals surface area contributed by atoms with Gasteiger partial charge in [-0.15, -0.1) is 0 Å². The molecule has 2 saturated heterocycles. The van der Waals surface area contributed by atoms with E-state index in [9.17, 15) is 18.8 Å². The van der Waals surface area contributed by atoms with Crippen LogP contribution in [0.25, 0.3) is 0 Å². The molecule has 6 nitrogen and oxygen atoms in total. The predicted octanol–water partition coefficient (Wildman–Crippen LogP) is 1.21. The van der Waals surface area contributed by atoms with Crippen molar-refractivity contribution in [2.75, 3.05) is 24.5 Å². The number of nitrogens with two attached hydrogens (primary N) is 1. The molecule has 7 heteroatoms. The summed E-state index contributed by atoms with van der Waals surface area (Å²) in [5, 5.41) is 0. The quantitative estimate of drug-likeness (QED) is 0.892. The topological polar surface area (TPSA) is 83.7 Å². The Hall–Kier alpha value is -2.44. The number of halogens is 1. The second-order valence-corrected chi connectivity index (χ2v) is 6.86. The summed E-state index contributed by atoms with van der Waals surface area (Å²) in [4.78, 5) is 39.2. The predicted molar refractivity (Wildman–Crippen MR) is 90.1 cm³/mol. The second-order valence-electron chi connectivity index (χ2n) is 6.86. The molecule has 0 unspecified atom stereocenters. The van der Waals surface area contributed by atoms with Gasteiger partial charge in [0.2, 0.25) is 17.7 Å². The molecule has 3 rings (SSSR count). The van der Waals surface area contributed by atoms with E-state index in [1.54, 1.807) is 24.0 Å². The number of primary amides is 1. The summed E-state index contributed by atoms with van der Waals surface area (Å²) < 4.78 is 14.1. The van der Waals surface area contributed by atoms with Crippen molar-refractivity contribution in [3.63, 3.8) is 0 Å². The zero-order chi connectivity index (χ0) is 18.1. The lowest BCUT2D eigenvalue weighted by molar-refractivity contribution is -0.138. The molecule has 2 aliphatic rings. The largest absolute Gasteiger partial charge is 0.369 e. The van der Waals surface area contributed by atoms with Gasteiger partial charge in [-0.2, -0.15) is 0 Å². The maximum absolute atomic E-state index is 14.1. The first-order valence-electron chi connectivity index (χ1n) is 8.51. The van der Waals surface area contributed by atoms with Gasteiger partial charge in [0.05, 0.1) is 11.6 Å². The molecule has 3 amide bonds. The number of aryl methyl sites for hydroxylation is 1. The van der Waals surface area contributed by atoms with Crippen molar-refractivity contribution in [1.82, 2.24) is 4.90 Å². The van der Waals surface area contributed by atoms with Crippen molar-refractivity contribution in [1.29, 1.82) is 0 Å². The van der Waals surface area contributed by atoms with Crippen LogP contribution in [0, 0.1) is 24.6 Å². The van der Waals surface area contributed by atoms with E-state index in [0.29, 0.717) is 25.9 Å². The molecule has 0 aromatic heterocycles. The van der Waals surface area contributed by atoms with Crippen LogP contribution >= 0.6 is 0 Å². The van der Waals surface area contributed by atoms with E-state index in [1.807, 2.05) is 0 Å². The SMILES string of the molecule is Cc1ccc(N2C[C@@H](C(=O)N3CCC(C(N)=O)CC3)CC2=O)c(F)c1. The Morgan fingerprint density at radius 1 is 1.20 bits per heavy atom. The third kappa shape index (κ3) is 3.50. The van der Waals surface area contributed by atoms with Gasteiger partial charge in [0.15, 0.2) is 0 Å². The van der Waals surface area contributed by atoms with Crippen molar-refractivity contribution in [2.24, 2.45) is 17.6 Å². The molecule has 0 bridgehead atoms. The lowest BCUT2D eigenvalue weighted by Gasteiger charge is -2.32. The van der Waals surface area contributed by atoms with Crippen molar-refractivity contribution < 1.29 is 18.8 Å². The first kappa shape index (κ1) is 17.4. The summed E-state index contributed by atoms with van der Waals surface area (Å²) in [5.41, 5.74) is 6.30. The minimum Gasteiger partial charge on any atom is -0.369 e. The molecule has 0 aliphatic carbocycles. The van der Waals surface area contributed by atoms with Crippen molar-refractivity contribution in [3.8, 4) is 0 Å². The van der Waals surface area contributed by atoms with Crippen LogP contribution in [-0.2, 0) is 14.4 Å². The zero-order valence-electron chi connectivity index (χ0n) is 14.2. The number of amides is 3. The fourth-order valence-corrected chi connectivity index (χ4v) is 3.58. The van der Waals surface area contributed by atoms with Crippen molar-refractivity contribution >= 4 is 23.4 Å². The van der Waals surface area contributed by atoms with E-state index in [2.05, 4.69) is 0 Å². The van der Waals surface area contributed by atoms with Gasteiger partial charge in [0, 0.05) is 32.0 Å². The van der Waals surface area contributed by atoms with E-state index < -0.39 is 11.7 Å². The van der Waals surface area contributed by atoms with Crippen LogP contribution in [0.5, 0.6) is 0 Å². The Kier molecular flexibility index (Phi) is 4.74. The highest BCUT2D eigenvalue weighted by Crippen LogP contribution is 2.30. The van der Waals surface area contributed by atoms with Gasteiger partial charge in [-0.1, -0.05) is 6.07 Å². The van der Waals surface area contributed by atoms with Gasteiger partial charge >= 0.3 is 0 Å². The minimum absolute atomic E-state index is 0.0852. The molecule has 2 N–H and O–H groups in total. The number of hydrogen-bond acceptors (Lipinski definition) is 3. The molecule has 1 aromatic rings. The van der Waals surface area contributed by atoms with Gasteiger partial charge in [-0.3, -0.25) is 14.4 Å². The van der Waals surface area contributed by atoms with Gasteiger partial charge < -0.3 is 15.5 Å². The maximum atomic E-state index is 14.1. The number of rotatable bonds is 3. The van der Waals surface area contributed by atoms with Crippen molar-refractivity contribution in [2.45, 2.75) is 26.2 Å². The van der Waals surface area contributed by atoms with Crippen LogP contribution in [-0.4, -0.2) is 42.3 Å². The molecule has 25 heavy (non-hydrogen) atoms. The van der Waals surface area contributed by atoms with Gasteiger partial charge in [0.1, 0.15) is 5.82 Å². The van der Waals surface area contributed by atoms with E-state index in [-0.39, 0.29) is 42.3 Å². The Balaban J connectivity index is 1.66. The Bertz CT molecular complexity index is 714. The Morgan fingerprint density at radius 3 is 2.48 bits per heavy atom. The third-order valence-electron chi connectivity index (χ3n) is 5.08. The Labute approximate surface area is 145 Å². The van der Waals surface area contributed by atoms with Gasteiger partial charge in [-0.25, -0.2) is 4.39 Å². The summed E-state index contributed by atoms with van der Waals surface area (Å²) in [7, 11) is 0. The summed E-state index contributed by atoms with van der Waals surface area (Å²) in [6, 6.07) is 4.70. The molecule has 2 aliphatic heterocycles. The fraction of sp³-hybridized carbons (Fsp3) is 0.500. The maximum Gasteiger partial charge on any atom is 0.228 e. The summed E-state index contributed by atoms with van der Waals surface area (Å²) >= 11 is 0. The monoisotopic (exact) mass is 347 g/mol. The normalized spacial score (nSPS) is 21.7. The smallest absolute Gasteiger partial charge is 0.228 e. The highest BCUT2D eigenvalue weighted by molar-refractivity contribution is 6.00. The summed E-state index contributed by atoms with van der Waals surface area (Å²) in [6.07, 6.45) is 1.19. The molecule has 1 atom stereocenters. The molecular formula is C18H22FN3O3. The highest BCUT2D eigenvalue weighted by atomic mass is 19.1. The number of carbonyl (C=O) groups excluding carboxylic acids is 3. The number of benzene rings is 1. The Morgan fingerprint density at radius 2 is 1.88 bits per heavy atom. The molecule has 0 spiro atoms. The van der Waals surface area contributed by atoms with E-state index in [4.69, 9.17) is 5.73 Å². The molecular weight excluding hydrogens is 325 g/mol. The number of hydrogen-bond donors (Lipinski definition) is 1. The number of likely N-dealkylation sites (tertiary alicyclic amines) is 1. The standard InChI is InChI=1S/C18H22FN3O3/c1-11-2-3-15(14(19)8-11)22-10-13(9-16(22)23)18(25)21-6-4-12(5-7-21)17(20)24/h2-3,8,12-13H,4-7,9-10H2,1H3,(H2,20,24)/t13-/m0/s1. The van der Waals surface area contributed by atoms with E-state index in [0.717, 1.165) is 5.56 Å². The third-order valence-corrected chi connectivity index (χ3v) is 5.08. The molecule has 134 valence electrons. The van der Waals surface area contributed by atoms with E-state index >= 15 is 0 Å². The minimum atomic E-state index is -0.474. The van der Waals surface area contributed by atoms with Crippen LogP contribution in [0.15, 0.2) is 18.2 Å². The van der Waals surface area contributed by atoms with Crippen molar-refractivity contribution in [3.05, 3.63) is 29.6 Å². The number of nitrogens with zero attached hydrogens (tertiary/aromatic N) is 2. The molecule has 2 fully saturated rings. The number of anilines is 1. The van der Waals surface area contributed by atoms with Crippen LogP contribution < -0.4 is 10.6 Å². The molecule has 0 radical (unpaired) electrons. The average Bonchev–Trinajstić information content (AvgIpc) is 2.96. The zero-order valence-corrected chi connectivity index (χ0v) is 14.2. The van der Waals surface area contributed by atoms with Crippen LogP contribution in [0.4, 0.5) is 10.1 Å². The first-order chi connectivity index (χ1) is 11.9. The summed E-state index contributed by atoms with van der Waals surface area (Å²) in [5.74, 6) is -1.79. The molecule has 0 saturated carbocycles. The first-order valence-corrected chi connectivity index (χ1v) is 8.51. The van der Waals surface area contributed by atoms with E-state index in [1.165, 1.54) is 11.0 Å². The lowest BCUT2D eigenvalue weighted by atomic mass is 9.95. The lowest BCUT2D eigenvalue weighted by Crippen LogP contribution is -2.44. The molecule has 1 aromatic carbocycles. The van der Waals surface area contributed by atoms with Crippen LogP contribution in [0.2, 0.25) is 0 Å². The van der Waals surface area contributed by atoms with Gasteiger partial charge in [-0.05, 0) is 37.5 Å². The fourth-order valence-electron chi connectivity index (χ4n) is 3.58. The molecule has 2 heterocycles.